The van der Waals surface area contributed by atoms with Gasteiger partial charge in [0.25, 0.3) is 0 Å². The van der Waals surface area contributed by atoms with Crippen LogP contribution in [0.25, 0.3) is 0 Å². The summed E-state index contributed by atoms with van der Waals surface area (Å²) in [5, 5.41) is 0. The van der Waals surface area contributed by atoms with E-state index < -0.39 is 0 Å². The van der Waals surface area contributed by atoms with Gasteiger partial charge in [0.1, 0.15) is 0 Å². The molecule has 0 aliphatic rings. The first-order chi connectivity index (χ1) is 13.5. The van der Waals surface area contributed by atoms with Gasteiger partial charge < -0.3 is 4.98 Å². The Morgan fingerprint density at radius 3 is 2.07 bits per heavy atom. The van der Waals surface area contributed by atoms with Crippen molar-refractivity contribution in [2.45, 2.75) is 27.3 Å². The average Bonchev–Trinajstić information content (AvgIpc) is 3.10. The van der Waals surface area contributed by atoms with Crippen molar-refractivity contribution in [1.82, 2.24) is 4.98 Å². The van der Waals surface area contributed by atoms with E-state index in [1.807, 2.05) is 42.8 Å². The molecule has 1 heterocycles. The molecule has 0 bridgehead atoms. The van der Waals surface area contributed by atoms with E-state index in [1.165, 1.54) is 22.3 Å². The standard InChI is InChI=1S/C22H22N3.2ClH.Fe/c1-16-11-17(2)22(18(3)12-16)24-15-21-10-9-20(25-21)14-23-13-19-7-5-4-6-8-19;;;/h4-12,14-15H,13H2,1-3H3;2*1H;/q-1;;;+3/p-2. The molecule has 0 saturated carbocycles. The third-order valence-corrected chi connectivity index (χ3v) is 3.98. The summed E-state index contributed by atoms with van der Waals surface area (Å²) >= 11 is 0.194. The van der Waals surface area contributed by atoms with Gasteiger partial charge in [-0.05, 0) is 37.5 Å². The van der Waals surface area contributed by atoms with E-state index in [4.69, 9.17) is 20.2 Å². The molecule has 6 heteroatoms. The first-order valence-electron chi connectivity index (χ1n) is 8.68. The van der Waals surface area contributed by atoms with Crippen LogP contribution in [-0.4, -0.2) is 12.4 Å². The van der Waals surface area contributed by atoms with Gasteiger partial charge in [-0.15, -0.1) is 11.4 Å². The van der Waals surface area contributed by atoms with Gasteiger partial charge in [-0.3, -0.25) is 9.98 Å². The maximum atomic E-state index is 4.76. The van der Waals surface area contributed by atoms with Crippen molar-refractivity contribution >= 4 is 38.3 Å². The predicted octanol–water partition coefficient (Wildman–Crippen LogP) is 6.32. The topological polar surface area (TPSA) is 38.8 Å². The van der Waals surface area contributed by atoms with Crippen LogP contribution in [0.15, 0.2) is 64.6 Å². The number of halogens is 2. The third-order valence-electron chi connectivity index (χ3n) is 3.98. The summed E-state index contributed by atoms with van der Waals surface area (Å²) in [6.07, 6.45) is 3.63. The average molecular weight is 455 g/mol. The quantitative estimate of drug-likeness (QED) is 0.328. The van der Waals surface area contributed by atoms with Crippen LogP contribution in [0.3, 0.4) is 0 Å². The maximum absolute atomic E-state index is 4.76. The second-order valence-electron chi connectivity index (χ2n) is 6.31. The van der Waals surface area contributed by atoms with Gasteiger partial charge >= 0.3 is 33.3 Å². The van der Waals surface area contributed by atoms with Crippen LogP contribution in [0, 0.1) is 20.8 Å². The van der Waals surface area contributed by atoms with E-state index in [-0.39, 0.29) is 13.1 Å². The van der Waals surface area contributed by atoms with Gasteiger partial charge in [0.2, 0.25) is 0 Å². The second-order valence-corrected chi connectivity index (χ2v) is 8.13. The fraction of sp³-hybridized carbons (Fsp3) is 0.182. The molecule has 0 fully saturated rings. The fourth-order valence-electron chi connectivity index (χ4n) is 2.87. The molecular weight excluding hydrogens is 433 g/mol. The minimum atomic E-state index is 0.194. The van der Waals surface area contributed by atoms with Crippen LogP contribution in [0.5, 0.6) is 0 Å². The van der Waals surface area contributed by atoms with Gasteiger partial charge in [0, 0.05) is 12.4 Å². The van der Waals surface area contributed by atoms with Crippen molar-refractivity contribution < 1.29 is 13.1 Å². The molecule has 0 spiro atoms. The van der Waals surface area contributed by atoms with Gasteiger partial charge in [-0.25, -0.2) is 0 Å². The van der Waals surface area contributed by atoms with Crippen LogP contribution in [-0.2, 0) is 19.7 Å². The minimum absolute atomic E-state index is 0.194. The molecule has 0 atom stereocenters. The van der Waals surface area contributed by atoms with E-state index in [9.17, 15) is 0 Å². The zero-order valence-electron chi connectivity index (χ0n) is 16.0. The molecule has 0 unspecified atom stereocenters. The molecule has 28 heavy (non-hydrogen) atoms. The van der Waals surface area contributed by atoms with E-state index >= 15 is 0 Å². The Kier molecular flexibility index (Phi) is 9.52. The summed E-state index contributed by atoms with van der Waals surface area (Å²) < 4.78 is 0. The molecule has 0 aliphatic carbocycles. The van der Waals surface area contributed by atoms with Crippen LogP contribution >= 0.6 is 20.2 Å². The number of aromatic nitrogens is 1. The third kappa shape index (κ3) is 7.29. The number of aliphatic imine (C=N–C) groups is 2. The number of hydrogen-bond acceptors (Lipinski definition) is 2. The Balaban J connectivity index is 0.000000878. The predicted molar refractivity (Wildman–Crippen MR) is 117 cm³/mol. The first kappa shape index (κ1) is 22.4. The Morgan fingerprint density at radius 2 is 1.46 bits per heavy atom. The summed E-state index contributed by atoms with van der Waals surface area (Å²) in [4.78, 5) is 13.6. The number of hydrogen-bond donors (Lipinski definition) is 0. The monoisotopic (exact) mass is 454 g/mol. The van der Waals surface area contributed by atoms with E-state index in [0.717, 1.165) is 17.1 Å². The normalized spacial score (nSPS) is 11.0. The van der Waals surface area contributed by atoms with Crippen LogP contribution < -0.4 is 4.98 Å². The zero-order valence-corrected chi connectivity index (χ0v) is 18.6. The van der Waals surface area contributed by atoms with Crippen molar-refractivity contribution in [2.75, 3.05) is 0 Å². The molecule has 0 amide bonds. The van der Waals surface area contributed by atoms with Gasteiger partial charge in [-0.1, -0.05) is 60.2 Å². The molecular formula is C22H22Cl2FeN3. The molecule has 0 saturated heterocycles. The summed E-state index contributed by atoms with van der Waals surface area (Å²) in [7, 11) is 9.53. The Hall–Kier alpha value is -1.84. The van der Waals surface area contributed by atoms with Crippen molar-refractivity contribution in [3.05, 3.63) is 88.2 Å². The second kappa shape index (κ2) is 11.9. The summed E-state index contributed by atoms with van der Waals surface area (Å²) in [6.45, 7) is 6.95. The molecule has 3 rings (SSSR count). The van der Waals surface area contributed by atoms with Crippen LogP contribution in [0.1, 0.15) is 33.6 Å². The van der Waals surface area contributed by atoms with E-state index in [0.29, 0.717) is 6.54 Å². The van der Waals surface area contributed by atoms with Crippen LogP contribution in [0.2, 0.25) is 0 Å². The first-order valence-corrected chi connectivity index (χ1v) is 11.7. The molecule has 0 N–H and O–H groups in total. The van der Waals surface area contributed by atoms with Gasteiger partial charge in [-0.2, -0.15) is 0 Å². The molecule has 1 aromatic heterocycles. The number of nitrogens with zero attached hydrogens (tertiary/aromatic N) is 3. The molecule has 0 radical (unpaired) electrons. The summed E-state index contributed by atoms with van der Waals surface area (Å²) in [6, 6.07) is 18.4. The fourth-order valence-corrected chi connectivity index (χ4v) is 2.87. The van der Waals surface area contributed by atoms with Crippen molar-refractivity contribution in [2.24, 2.45) is 9.98 Å². The Morgan fingerprint density at radius 1 is 0.893 bits per heavy atom. The zero-order chi connectivity index (χ0) is 20.4. The summed E-state index contributed by atoms with van der Waals surface area (Å²) in [5.74, 6) is 0. The number of rotatable bonds is 5. The van der Waals surface area contributed by atoms with Crippen molar-refractivity contribution in [3.63, 3.8) is 0 Å². The van der Waals surface area contributed by atoms with Crippen LogP contribution in [0.4, 0.5) is 5.69 Å². The van der Waals surface area contributed by atoms with Crippen molar-refractivity contribution in [1.29, 1.82) is 0 Å². The number of benzene rings is 2. The Bertz CT molecular complexity index is 911. The van der Waals surface area contributed by atoms with Gasteiger partial charge in [0.05, 0.1) is 12.2 Å². The molecule has 0 aliphatic heterocycles. The number of aryl methyl sites for hydroxylation is 3. The molecule has 147 valence electrons. The SMILES string of the molecule is Cc1cc(C)c(N=Cc2ccc(C=NCc3ccccc3)[n-]2)c(C)c1.[Cl][Fe+][Cl]. The molecule has 2 aromatic carbocycles. The van der Waals surface area contributed by atoms with E-state index in [1.54, 1.807) is 0 Å². The van der Waals surface area contributed by atoms with E-state index in [2.05, 4.69) is 60.0 Å². The summed E-state index contributed by atoms with van der Waals surface area (Å²) in [5.41, 5.74) is 7.55. The van der Waals surface area contributed by atoms with Crippen molar-refractivity contribution in [3.8, 4) is 0 Å². The molecule has 3 nitrogen and oxygen atoms in total. The van der Waals surface area contributed by atoms with Gasteiger partial charge in [0.15, 0.2) is 0 Å². The Labute approximate surface area is 181 Å². The molecule has 3 aromatic rings.